The van der Waals surface area contributed by atoms with Crippen LogP contribution in [0.25, 0.3) is 27.8 Å². The Hall–Kier alpha value is -3.35. The summed E-state index contributed by atoms with van der Waals surface area (Å²) in [5.41, 5.74) is 5.35. The average Bonchev–Trinajstić information content (AvgIpc) is 3.30. The van der Waals surface area contributed by atoms with Gasteiger partial charge in [-0.3, -0.25) is 0 Å². The second-order valence-corrected chi connectivity index (χ2v) is 9.90. The van der Waals surface area contributed by atoms with E-state index in [1.54, 1.807) is 6.33 Å². The highest BCUT2D eigenvalue weighted by Gasteiger charge is 2.24. The summed E-state index contributed by atoms with van der Waals surface area (Å²) in [7, 11) is 0. The SMILES string of the molecule is Clc1ccccc1N1CCN(c2ncnc3c2c(-c2ccccc2)cn3-c2ccc(Br)cc2)CC1. The predicted octanol–water partition coefficient (Wildman–Crippen LogP) is 6.83. The van der Waals surface area contributed by atoms with Crippen LogP contribution in [0.1, 0.15) is 0 Å². The number of rotatable bonds is 4. The van der Waals surface area contributed by atoms with E-state index in [1.165, 1.54) is 0 Å². The first-order valence-corrected chi connectivity index (χ1v) is 12.8. The Bertz CT molecular complexity index is 1480. The fourth-order valence-electron chi connectivity index (χ4n) is 4.79. The van der Waals surface area contributed by atoms with Crippen LogP contribution in [0.2, 0.25) is 5.02 Å². The number of aromatic nitrogens is 3. The molecule has 3 heterocycles. The van der Waals surface area contributed by atoms with Gasteiger partial charge in [-0.1, -0.05) is 70.0 Å². The van der Waals surface area contributed by atoms with Crippen LogP contribution in [0.15, 0.2) is 95.9 Å². The highest BCUT2D eigenvalue weighted by Crippen LogP contribution is 2.37. The highest BCUT2D eigenvalue weighted by atomic mass is 79.9. The number of hydrogen-bond donors (Lipinski definition) is 0. The quantitative estimate of drug-likeness (QED) is 0.248. The minimum atomic E-state index is 0.795. The molecular formula is C28H23BrClN5. The number of hydrogen-bond acceptors (Lipinski definition) is 4. The first-order valence-electron chi connectivity index (χ1n) is 11.6. The smallest absolute Gasteiger partial charge is 0.150 e. The van der Waals surface area contributed by atoms with E-state index >= 15 is 0 Å². The molecule has 1 aliphatic heterocycles. The molecule has 0 radical (unpaired) electrons. The zero-order valence-electron chi connectivity index (χ0n) is 19.0. The second-order valence-electron chi connectivity index (χ2n) is 8.58. The van der Waals surface area contributed by atoms with E-state index in [9.17, 15) is 0 Å². The molecule has 3 aromatic carbocycles. The first kappa shape index (κ1) is 22.1. The van der Waals surface area contributed by atoms with Crippen molar-refractivity contribution < 1.29 is 0 Å². The third-order valence-electron chi connectivity index (χ3n) is 6.52. The lowest BCUT2D eigenvalue weighted by Crippen LogP contribution is -2.47. The predicted molar refractivity (Wildman–Crippen MR) is 148 cm³/mol. The molecule has 0 amide bonds. The summed E-state index contributed by atoms with van der Waals surface area (Å²) in [6.07, 6.45) is 3.86. The van der Waals surface area contributed by atoms with E-state index in [0.717, 1.165) is 75.0 Å². The molecule has 7 heteroatoms. The standard InChI is InChI=1S/C28H23BrClN5/c29-21-10-12-22(13-11-21)35-18-23(20-6-2-1-3-7-20)26-27(31-19-32-28(26)35)34-16-14-33(15-17-34)25-9-5-4-8-24(25)30/h1-13,18-19H,14-17H2. The molecule has 35 heavy (non-hydrogen) atoms. The monoisotopic (exact) mass is 543 g/mol. The van der Waals surface area contributed by atoms with E-state index < -0.39 is 0 Å². The number of fused-ring (bicyclic) bond motifs is 1. The Morgan fingerprint density at radius 2 is 1.43 bits per heavy atom. The van der Waals surface area contributed by atoms with Gasteiger partial charge in [0.15, 0.2) is 5.65 Å². The molecule has 5 aromatic rings. The molecule has 0 atom stereocenters. The van der Waals surface area contributed by atoms with Gasteiger partial charge in [0.05, 0.1) is 16.1 Å². The Kier molecular flexibility index (Phi) is 5.92. The van der Waals surface area contributed by atoms with Gasteiger partial charge in [0.25, 0.3) is 0 Å². The van der Waals surface area contributed by atoms with Crippen molar-refractivity contribution in [2.24, 2.45) is 0 Å². The molecule has 0 aliphatic carbocycles. The van der Waals surface area contributed by atoms with Crippen LogP contribution in [0.4, 0.5) is 11.5 Å². The summed E-state index contributed by atoms with van der Waals surface area (Å²) >= 11 is 10.0. The summed E-state index contributed by atoms with van der Waals surface area (Å²) in [4.78, 5) is 14.3. The van der Waals surface area contributed by atoms with Crippen LogP contribution in [0.3, 0.4) is 0 Å². The summed E-state index contributed by atoms with van der Waals surface area (Å²) in [6.45, 7) is 3.47. The third kappa shape index (κ3) is 4.17. The normalized spacial score (nSPS) is 14.0. The van der Waals surface area contributed by atoms with Gasteiger partial charge in [-0.25, -0.2) is 9.97 Å². The largest absolute Gasteiger partial charge is 0.367 e. The van der Waals surface area contributed by atoms with Gasteiger partial charge in [-0.15, -0.1) is 0 Å². The number of piperazine rings is 1. The summed E-state index contributed by atoms with van der Waals surface area (Å²) < 4.78 is 3.21. The molecule has 2 aromatic heterocycles. The minimum absolute atomic E-state index is 0.795. The number of para-hydroxylation sites is 1. The molecule has 174 valence electrons. The van der Waals surface area contributed by atoms with Crippen LogP contribution in [0, 0.1) is 0 Å². The van der Waals surface area contributed by atoms with Gasteiger partial charge in [0.1, 0.15) is 12.1 Å². The van der Waals surface area contributed by atoms with Gasteiger partial charge in [-0.05, 0) is 42.0 Å². The fourth-order valence-corrected chi connectivity index (χ4v) is 5.31. The molecular weight excluding hydrogens is 522 g/mol. The van der Waals surface area contributed by atoms with Crippen molar-refractivity contribution >= 4 is 50.1 Å². The topological polar surface area (TPSA) is 37.2 Å². The van der Waals surface area contributed by atoms with E-state index in [2.05, 4.69) is 91.1 Å². The maximum Gasteiger partial charge on any atom is 0.150 e. The Labute approximate surface area is 217 Å². The number of anilines is 2. The minimum Gasteiger partial charge on any atom is -0.367 e. The Morgan fingerprint density at radius 1 is 0.743 bits per heavy atom. The van der Waals surface area contributed by atoms with Crippen LogP contribution >= 0.6 is 27.5 Å². The first-order chi connectivity index (χ1) is 17.2. The molecule has 0 bridgehead atoms. The zero-order valence-corrected chi connectivity index (χ0v) is 21.3. The number of benzene rings is 3. The number of halogens is 2. The Morgan fingerprint density at radius 3 is 2.17 bits per heavy atom. The van der Waals surface area contributed by atoms with Gasteiger partial charge in [0.2, 0.25) is 0 Å². The lowest BCUT2D eigenvalue weighted by atomic mass is 10.1. The van der Waals surface area contributed by atoms with E-state index in [-0.39, 0.29) is 0 Å². The number of nitrogens with zero attached hydrogens (tertiary/aromatic N) is 5. The molecule has 6 rings (SSSR count). The molecule has 0 spiro atoms. The van der Waals surface area contributed by atoms with Crippen molar-refractivity contribution in [1.29, 1.82) is 0 Å². The fraction of sp³-hybridized carbons (Fsp3) is 0.143. The van der Waals surface area contributed by atoms with E-state index in [0.29, 0.717) is 0 Å². The van der Waals surface area contributed by atoms with Crippen molar-refractivity contribution in [3.05, 3.63) is 101 Å². The molecule has 1 fully saturated rings. The molecule has 0 N–H and O–H groups in total. The van der Waals surface area contributed by atoms with Crippen LogP contribution < -0.4 is 9.80 Å². The van der Waals surface area contributed by atoms with Crippen LogP contribution in [-0.2, 0) is 0 Å². The molecule has 1 aliphatic rings. The summed E-state index contributed by atoms with van der Waals surface area (Å²) in [5, 5.41) is 1.87. The van der Waals surface area contributed by atoms with Gasteiger partial charge in [0, 0.05) is 48.1 Å². The van der Waals surface area contributed by atoms with Crippen molar-refractivity contribution in [3.8, 4) is 16.8 Å². The van der Waals surface area contributed by atoms with Gasteiger partial charge >= 0.3 is 0 Å². The summed E-state index contributed by atoms with van der Waals surface area (Å²) in [5.74, 6) is 0.975. The van der Waals surface area contributed by atoms with Gasteiger partial charge in [-0.2, -0.15) is 0 Å². The van der Waals surface area contributed by atoms with Crippen molar-refractivity contribution in [2.45, 2.75) is 0 Å². The molecule has 0 saturated carbocycles. The van der Waals surface area contributed by atoms with E-state index in [1.807, 2.05) is 24.3 Å². The van der Waals surface area contributed by atoms with E-state index in [4.69, 9.17) is 21.6 Å². The molecule has 5 nitrogen and oxygen atoms in total. The maximum atomic E-state index is 6.47. The van der Waals surface area contributed by atoms with Crippen molar-refractivity contribution in [3.63, 3.8) is 0 Å². The lowest BCUT2D eigenvalue weighted by molar-refractivity contribution is 0.649. The average molecular weight is 545 g/mol. The Balaban J connectivity index is 1.43. The maximum absolute atomic E-state index is 6.47. The molecule has 0 unspecified atom stereocenters. The molecule has 1 saturated heterocycles. The van der Waals surface area contributed by atoms with Gasteiger partial charge < -0.3 is 14.4 Å². The summed E-state index contributed by atoms with van der Waals surface area (Å²) in [6, 6.07) is 26.8. The highest BCUT2D eigenvalue weighted by molar-refractivity contribution is 9.10. The van der Waals surface area contributed by atoms with Crippen molar-refractivity contribution in [2.75, 3.05) is 36.0 Å². The van der Waals surface area contributed by atoms with Crippen molar-refractivity contribution in [1.82, 2.24) is 14.5 Å². The van der Waals surface area contributed by atoms with Crippen LogP contribution in [0.5, 0.6) is 0 Å². The van der Waals surface area contributed by atoms with Crippen LogP contribution in [-0.4, -0.2) is 40.7 Å². The lowest BCUT2D eigenvalue weighted by Gasteiger charge is -2.37. The third-order valence-corrected chi connectivity index (χ3v) is 7.37. The second kappa shape index (κ2) is 9.36. The zero-order chi connectivity index (χ0) is 23.8.